The van der Waals surface area contributed by atoms with E-state index >= 15 is 0 Å². The number of para-hydroxylation sites is 2. The third-order valence-corrected chi connectivity index (χ3v) is 3.13. The van der Waals surface area contributed by atoms with Gasteiger partial charge in [0.1, 0.15) is 0 Å². The van der Waals surface area contributed by atoms with Crippen LogP contribution in [0.4, 0.5) is 5.69 Å². The number of rotatable bonds is 3. The summed E-state index contributed by atoms with van der Waals surface area (Å²) in [6, 6.07) is 15.0. The van der Waals surface area contributed by atoms with Gasteiger partial charge >= 0.3 is 0 Å². The van der Waals surface area contributed by atoms with Crippen molar-refractivity contribution < 1.29 is 4.79 Å². The van der Waals surface area contributed by atoms with Crippen molar-refractivity contribution in [3.8, 4) is 0 Å². The third kappa shape index (κ3) is 2.19. The van der Waals surface area contributed by atoms with Crippen molar-refractivity contribution in [2.24, 2.45) is 10.7 Å². The number of carbonyl (C=O) groups excluding carboxylic acids is 1. The number of hydrogen-bond donors (Lipinski definition) is 2. The van der Waals surface area contributed by atoms with Crippen molar-refractivity contribution in [2.75, 3.05) is 0 Å². The van der Waals surface area contributed by atoms with Crippen molar-refractivity contribution in [1.29, 1.82) is 0 Å². The molecule has 0 saturated heterocycles. The second-order valence-corrected chi connectivity index (χ2v) is 4.43. The quantitative estimate of drug-likeness (QED) is 0.700. The molecule has 1 heterocycles. The fourth-order valence-electron chi connectivity index (χ4n) is 2.13. The molecule has 0 saturated carbocycles. The fourth-order valence-corrected chi connectivity index (χ4v) is 2.13. The lowest BCUT2D eigenvalue weighted by Gasteiger charge is -2.00. The molecule has 0 aliphatic heterocycles. The molecule has 0 fully saturated rings. The van der Waals surface area contributed by atoms with E-state index in [0.29, 0.717) is 11.3 Å². The SMILES string of the molecule is NC(=O)c1ccccc1/N=C/c1c[nH]c2ccccc12. The Kier molecular flexibility index (Phi) is 3.05. The average Bonchev–Trinajstić information content (AvgIpc) is 2.88. The van der Waals surface area contributed by atoms with Crippen molar-refractivity contribution in [3.63, 3.8) is 0 Å². The second-order valence-electron chi connectivity index (χ2n) is 4.43. The second kappa shape index (κ2) is 5.01. The van der Waals surface area contributed by atoms with Crippen LogP contribution in [0.5, 0.6) is 0 Å². The molecule has 20 heavy (non-hydrogen) atoms. The number of nitrogens with one attached hydrogen (secondary N) is 1. The number of carbonyl (C=O) groups is 1. The van der Waals surface area contributed by atoms with E-state index in [4.69, 9.17) is 5.73 Å². The molecular formula is C16H13N3O. The van der Waals surface area contributed by atoms with Crippen LogP contribution in [0.1, 0.15) is 15.9 Å². The van der Waals surface area contributed by atoms with Crippen LogP contribution in [0.15, 0.2) is 59.7 Å². The first-order valence-electron chi connectivity index (χ1n) is 6.25. The minimum absolute atomic E-state index is 0.420. The molecule has 0 atom stereocenters. The minimum Gasteiger partial charge on any atom is -0.366 e. The summed E-state index contributed by atoms with van der Waals surface area (Å²) in [5.74, 6) is -0.475. The molecule has 1 aromatic heterocycles. The number of amides is 1. The molecule has 0 spiro atoms. The van der Waals surface area contributed by atoms with Crippen LogP contribution < -0.4 is 5.73 Å². The number of nitrogens with two attached hydrogens (primary N) is 1. The number of aliphatic imine (C=N–C) groups is 1. The van der Waals surface area contributed by atoms with Crippen LogP contribution in [0, 0.1) is 0 Å². The number of aromatic amines is 1. The highest BCUT2D eigenvalue weighted by atomic mass is 16.1. The smallest absolute Gasteiger partial charge is 0.250 e. The van der Waals surface area contributed by atoms with Gasteiger partial charge in [0.25, 0.3) is 5.91 Å². The first-order chi connectivity index (χ1) is 9.75. The molecule has 3 aromatic rings. The molecule has 4 heteroatoms. The van der Waals surface area contributed by atoms with Gasteiger partial charge in [-0.15, -0.1) is 0 Å². The van der Waals surface area contributed by atoms with E-state index in [1.807, 2.05) is 36.5 Å². The van der Waals surface area contributed by atoms with Gasteiger partial charge in [0.15, 0.2) is 0 Å². The van der Waals surface area contributed by atoms with Gasteiger partial charge in [-0.1, -0.05) is 30.3 Å². The van der Waals surface area contributed by atoms with Crippen LogP contribution in [0.2, 0.25) is 0 Å². The number of hydrogen-bond acceptors (Lipinski definition) is 2. The summed E-state index contributed by atoms with van der Waals surface area (Å²) in [6.45, 7) is 0. The van der Waals surface area contributed by atoms with Gasteiger partial charge < -0.3 is 10.7 Å². The van der Waals surface area contributed by atoms with Gasteiger partial charge in [-0.25, -0.2) is 0 Å². The number of benzene rings is 2. The highest BCUT2D eigenvalue weighted by Gasteiger charge is 2.05. The van der Waals surface area contributed by atoms with Gasteiger partial charge in [0.2, 0.25) is 0 Å². The maximum absolute atomic E-state index is 11.3. The van der Waals surface area contributed by atoms with E-state index in [-0.39, 0.29) is 0 Å². The molecule has 2 aromatic carbocycles. The molecule has 0 bridgehead atoms. The Labute approximate surface area is 116 Å². The van der Waals surface area contributed by atoms with Gasteiger partial charge in [0.05, 0.1) is 11.3 Å². The summed E-state index contributed by atoms with van der Waals surface area (Å²) in [5.41, 5.74) is 8.35. The number of H-pyrrole nitrogens is 1. The highest BCUT2D eigenvalue weighted by Crippen LogP contribution is 2.20. The van der Waals surface area contributed by atoms with Crippen LogP contribution in [-0.2, 0) is 0 Å². The summed E-state index contributed by atoms with van der Waals surface area (Å²) < 4.78 is 0. The van der Waals surface area contributed by atoms with E-state index in [1.165, 1.54) is 0 Å². The lowest BCUT2D eigenvalue weighted by atomic mass is 10.1. The topological polar surface area (TPSA) is 71.2 Å². The maximum atomic E-state index is 11.3. The zero-order chi connectivity index (χ0) is 13.9. The Morgan fingerprint density at radius 3 is 2.70 bits per heavy atom. The van der Waals surface area contributed by atoms with E-state index in [9.17, 15) is 4.79 Å². The van der Waals surface area contributed by atoms with Gasteiger partial charge in [0, 0.05) is 28.9 Å². The van der Waals surface area contributed by atoms with Crippen LogP contribution in [0.3, 0.4) is 0 Å². The van der Waals surface area contributed by atoms with E-state index < -0.39 is 5.91 Å². The third-order valence-electron chi connectivity index (χ3n) is 3.13. The first-order valence-corrected chi connectivity index (χ1v) is 6.25. The van der Waals surface area contributed by atoms with Crippen LogP contribution in [0.25, 0.3) is 10.9 Å². The summed E-state index contributed by atoms with van der Waals surface area (Å²) in [5, 5.41) is 1.09. The molecule has 98 valence electrons. The predicted molar refractivity (Wildman–Crippen MR) is 80.5 cm³/mol. The lowest BCUT2D eigenvalue weighted by Crippen LogP contribution is -2.10. The van der Waals surface area contributed by atoms with E-state index in [2.05, 4.69) is 9.98 Å². The Morgan fingerprint density at radius 1 is 1.10 bits per heavy atom. The van der Waals surface area contributed by atoms with Crippen molar-refractivity contribution >= 4 is 28.7 Å². The molecule has 0 aliphatic carbocycles. The van der Waals surface area contributed by atoms with E-state index in [0.717, 1.165) is 16.5 Å². The summed E-state index contributed by atoms with van der Waals surface area (Å²) >= 11 is 0. The van der Waals surface area contributed by atoms with Crippen LogP contribution >= 0.6 is 0 Å². The number of fused-ring (bicyclic) bond motifs is 1. The first kappa shape index (κ1) is 12.2. The summed E-state index contributed by atoms with van der Waals surface area (Å²) in [6.07, 6.45) is 3.63. The fraction of sp³-hybridized carbons (Fsp3) is 0. The average molecular weight is 263 g/mol. The molecule has 0 unspecified atom stereocenters. The Bertz CT molecular complexity index is 802. The summed E-state index contributed by atoms with van der Waals surface area (Å²) in [4.78, 5) is 18.9. The normalized spacial score (nSPS) is 11.2. The molecule has 3 N–H and O–H groups in total. The van der Waals surface area contributed by atoms with Gasteiger partial charge in [-0.3, -0.25) is 9.79 Å². The van der Waals surface area contributed by atoms with Gasteiger partial charge in [-0.05, 0) is 18.2 Å². The lowest BCUT2D eigenvalue weighted by molar-refractivity contribution is 0.100. The van der Waals surface area contributed by atoms with Gasteiger partial charge in [-0.2, -0.15) is 0 Å². The molecule has 0 aliphatic rings. The Morgan fingerprint density at radius 2 is 1.85 bits per heavy atom. The Hall–Kier alpha value is -2.88. The van der Waals surface area contributed by atoms with Crippen molar-refractivity contribution in [3.05, 3.63) is 65.9 Å². The standard InChI is InChI=1S/C16H13N3O/c17-16(20)13-6-2-4-8-15(13)19-10-11-9-18-14-7-3-1-5-12(11)14/h1-10,18H,(H2,17,20)/b19-10+. The predicted octanol–water partition coefficient (Wildman–Crippen LogP) is 3.02. The van der Waals surface area contributed by atoms with Crippen molar-refractivity contribution in [2.45, 2.75) is 0 Å². The largest absolute Gasteiger partial charge is 0.366 e. The molecular weight excluding hydrogens is 250 g/mol. The number of aromatic nitrogens is 1. The van der Waals surface area contributed by atoms with Crippen LogP contribution in [-0.4, -0.2) is 17.1 Å². The molecule has 0 radical (unpaired) electrons. The molecule has 4 nitrogen and oxygen atoms in total. The van der Waals surface area contributed by atoms with Crippen molar-refractivity contribution in [1.82, 2.24) is 4.98 Å². The molecule has 3 rings (SSSR count). The maximum Gasteiger partial charge on any atom is 0.250 e. The van der Waals surface area contributed by atoms with E-state index in [1.54, 1.807) is 24.4 Å². The molecule has 1 amide bonds. The monoisotopic (exact) mass is 263 g/mol. The minimum atomic E-state index is -0.475. The number of nitrogens with zero attached hydrogens (tertiary/aromatic N) is 1. The zero-order valence-corrected chi connectivity index (χ0v) is 10.7. The number of primary amides is 1. The Balaban J connectivity index is 2.01. The summed E-state index contributed by atoms with van der Waals surface area (Å²) in [7, 11) is 0. The zero-order valence-electron chi connectivity index (χ0n) is 10.7. The highest BCUT2D eigenvalue weighted by molar-refractivity contribution is 6.02.